The molecule has 0 spiro atoms. The molecule has 0 aromatic heterocycles. The first-order chi connectivity index (χ1) is 12.6. The Morgan fingerprint density at radius 1 is 1.15 bits per heavy atom. The van der Waals surface area contributed by atoms with Gasteiger partial charge in [0.2, 0.25) is 0 Å². The molecule has 0 bridgehead atoms. The first-order valence-electron chi connectivity index (χ1n) is 8.13. The van der Waals surface area contributed by atoms with Crippen LogP contribution in [0.2, 0.25) is 5.02 Å². The molecule has 0 aliphatic carbocycles. The van der Waals surface area contributed by atoms with E-state index < -0.39 is 22.9 Å². The van der Waals surface area contributed by atoms with Crippen molar-refractivity contribution in [1.29, 1.82) is 0 Å². The van der Waals surface area contributed by atoms with Crippen LogP contribution in [-0.2, 0) is 9.53 Å². The molecule has 142 valence electrons. The molecule has 0 heterocycles. The molecule has 2 aromatic rings. The maximum absolute atomic E-state index is 12.4. The van der Waals surface area contributed by atoms with Gasteiger partial charge in [-0.05, 0) is 44.9 Å². The Kier molecular flexibility index (Phi) is 6.17. The van der Waals surface area contributed by atoms with Gasteiger partial charge >= 0.3 is 5.97 Å². The van der Waals surface area contributed by atoms with E-state index in [1.54, 1.807) is 13.8 Å². The highest BCUT2D eigenvalue weighted by Crippen LogP contribution is 2.27. The van der Waals surface area contributed by atoms with Crippen molar-refractivity contribution in [1.82, 2.24) is 0 Å². The number of nitro benzene ring substituents is 1. The maximum Gasteiger partial charge on any atom is 0.339 e. The lowest BCUT2D eigenvalue weighted by Crippen LogP contribution is -2.30. The Morgan fingerprint density at radius 3 is 2.26 bits per heavy atom. The fraction of sp³-hybridized carbons (Fsp3) is 0.263. The van der Waals surface area contributed by atoms with E-state index in [2.05, 4.69) is 5.32 Å². The van der Waals surface area contributed by atoms with Crippen molar-refractivity contribution < 1.29 is 19.2 Å². The van der Waals surface area contributed by atoms with E-state index in [9.17, 15) is 19.7 Å². The summed E-state index contributed by atoms with van der Waals surface area (Å²) in [7, 11) is 0. The normalized spacial score (nSPS) is 11.6. The van der Waals surface area contributed by atoms with E-state index in [0.717, 1.165) is 22.8 Å². The van der Waals surface area contributed by atoms with Crippen LogP contribution >= 0.6 is 11.6 Å². The standard InChI is InChI=1S/C19H19ClN2O5/c1-10-7-11(2)17(12(3)8-10)19(24)27-13(4)18(23)21-16-6-5-14(22(25)26)9-15(16)20/h5-9,13H,1-4H3,(H,21,23). The number of non-ortho nitro benzene ring substituents is 1. The van der Waals surface area contributed by atoms with Gasteiger partial charge in [-0.2, -0.15) is 0 Å². The molecular weight excluding hydrogens is 372 g/mol. The van der Waals surface area contributed by atoms with E-state index >= 15 is 0 Å². The average Bonchev–Trinajstić information content (AvgIpc) is 2.55. The summed E-state index contributed by atoms with van der Waals surface area (Å²) >= 11 is 5.95. The molecule has 0 saturated heterocycles. The Balaban J connectivity index is 2.10. The largest absolute Gasteiger partial charge is 0.449 e. The number of hydrogen-bond donors (Lipinski definition) is 1. The number of rotatable bonds is 5. The smallest absolute Gasteiger partial charge is 0.339 e. The number of hydrogen-bond acceptors (Lipinski definition) is 5. The number of aryl methyl sites for hydroxylation is 3. The van der Waals surface area contributed by atoms with Crippen LogP contribution in [0, 0.1) is 30.9 Å². The average molecular weight is 391 g/mol. The number of esters is 1. The number of nitrogens with zero attached hydrogens (tertiary/aromatic N) is 1. The Labute approximate surface area is 161 Å². The van der Waals surface area contributed by atoms with Gasteiger partial charge < -0.3 is 10.1 Å². The Hall–Kier alpha value is -2.93. The minimum absolute atomic E-state index is 0.0151. The number of carbonyl (C=O) groups is 2. The number of carbonyl (C=O) groups excluding carboxylic acids is 2. The first kappa shape index (κ1) is 20.4. The highest BCUT2D eigenvalue weighted by atomic mass is 35.5. The quantitative estimate of drug-likeness (QED) is 0.464. The molecule has 8 heteroatoms. The van der Waals surface area contributed by atoms with Gasteiger partial charge in [-0.15, -0.1) is 0 Å². The predicted octanol–water partition coefficient (Wildman–Crippen LogP) is 4.36. The van der Waals surface area contributed by atoms with Crippen molar-refractivity contribution in [2.24, 2.45) is 0 Å². The minimum Gasteiger partial charge on any atom is -0.449 e. The maximum atomic E-state index is 12.4. The molecule has 0 aliphatic rings. The zero-order valence-electron chi connectivity index (χ0n) is 15.3. The van der Waals surface area contributed by atoms with Crippen molar-refractivity contribution in [3.63, 3.8) is 0 Å². The van der Waals surface area contributed by atoms with Gasteiger partial charge in [0.25, 0.3) is 11.6 Å². The SMILES string of the molecule is Cc1cc(C)c(C(=O)OC(C)C(=O)Nc2ccc([N+](=O)[O-])cc2Cl)c(C)c1. The van der Waals surface area contributed by atoms with E-state index in [1.165, 1.54) is 19.1 Å². The molecule has 0 saturated carbocycles. The van der Waals surface area contributed by atoms with Crippen LogP contribution in [0.25, 0.3) is 0 Å². The predicted molar refractivity (Wildman–Crippen MR) is 102 cm³/mol. The summed E-state index contributed by atoms with van der Waals surface area (Å²) in [6, 6.07) is 7.40. The summed E-state index contributed by atoms with van der Waals surface area (Å²) in [5.41, 5.74) is 2.99. The molecule has 2 rings (SSSR count). The molecule has 1 unspecified atom stereocenters. The van der Waals surface area contributed by atoms with Crippen LogP contribution < -0.4 is 5.32 Å². The number of ether oxygens (including phenoxy) is 1. The fourth-order valence-corrected chi connectivity index (χ4v) is 2.95. The third kappa shape index (κ3) is 4.83. The van der Waals surface area contributed by atoms with Gasteiger partial charge in [0.05, 0.1) is 21.2 Å². The van der Waals surface area contributed by atoms with Crippen LogP contribution in [-0.4, -0.2) is 22.9 Å². The van der Waals surface area contributed by atoms with E-state index in [4.69, 9.17) is 16.3 Å². The van der Waals surface area contributed by atoms with Gasteiger partial charge in [-0.1, -0.05) is 29.3 Å². The molecule has 0 fully saturated rings. The fourth-order valence-electron chi connectivity index (χ4n) is 2.73. The molecular formula is C19H19ClN2O5. The second kappa shape index (κ2) is 8.18. The van der Waals surface area contributed by atoms with Gasteiger partial charge in [0.1, 0.15) is 0 Å². The topological polar surface area (TPSA) is 98.5 Å². The molecule has 0 radical (unpaired) electrons. The van der Waals surface area contributed by atoms with Crippen LogP contribution in [0.15, 0.2) is 30.3 Å². The van der Waals surface area contributed by atoms with Gasteiger partial charge in [-0.3, -0.25) is 14.9 Å². The summed E-state index contributed by atoms with van der Waals surface area (Å²) in [4.78, 5) is 34.9. The van der Waals surface area contributed by atoms with Crippen molar-refractivity contribution in [2.75, 3.05) is 5.32 Å². The van der Waals surface area contributed by atoms with E-state index in [0.29, 0.717) is 5.56 Å². The summed E-state index contributed by atoms with van der Waals surface area (Å²) in [6.07, 6.45) is -1.08. The van der Waals surface area contributed by atoms with Gasteiger partial charge in [0, 0.05) is 12.1 Å². The molecule has 27 heavy (non-hydrogen) atoms. The summed E-state index contributed by atoms with van der Waals surface area (Å²) < 4.78 is 5.27. The summed E-state index contributed by atoms with van der Waals surface area (Å²) in [5.74, 6) is -1.19. The first-order valence-corrected chi connectivity index (χ1v) is 8.51. The van der Waals surface area contributed by atoms with Crippen molar-refractivity contribution in [3.05, 3.63) is 67.7 Å². The van der Waals surface area contributed by atoms with Crippen LogP contribution in [0.5, 0.6) is 0 Å². The highest BCUT2D eigenvalue weighted by molar-refractivity contribution is 6.34. The zero-order valence-corrected chi connectivity index (χ0v) is 16.1. The third-order valence-corrected chi connectivity index (χ3v) is 4.27. The lowest BCUT2D eigenvalue weighted by molar-refractivity contribution is -0.384. The number of halogens is 1. The lowest BCUT2D eigenvalue weighted by Gasteiger charge is -2.16. The number of amides is 1. The summed E-state index contributed by atoms with van der Waals surface area (Å²) in [5, 5.41) is 13.2. The van der Waals surface area contributed by atoms with Crippen LogP contribution in [0.1, 0.15) is 34.0 Å². The monoisotopic (exact) mass is 390 g/mol. The van der Waals surface area contributed by atoms with Crippen molar-refractivity contribution in [3.8, 4) is 0 Å². The van der Waals surface area contributed by atoms with Crippen molar-refractivity contribution >= 4 is 34.9 Å². The molecule has 1 N–H and O–H groups in total. The second-order valence-electron chi connectivity index (χ2n) is 6.23. The van der Waals surface area contributed by atoms with Gasteiger partial charge in [-0.25, -0.2) is 4.79 Å². The van der Waals surface area contributed by atoms with E-state index in [1.807, 2.05) is 19.1 Å². The zero-order chi connectivity index (χ0) is 20.3. The van der Waals surface area contributed by atoms with Gasteiger partial charge in [0.15, 0.2) is 6.10 Å². The minimum atomic E-state index is -1.08. The van der Waals surface area contributed by atoms with Crippen molar-refractivity contribution in [2.45, 2.75) is 33.8 Å². The number of benzene rings is 2. The second-order valence-corrected chi connectivity index (χ2v) is 6.64. The Morgan fingerprint density at radius 2 is 1.74 bits per heavy atom. The van der Waals surface area contributed by atoms with Crippen LogP contribution in [0.3, 0.4) is 0 Å². The third-order valence-electron chi connectivity index (χ3n) is 3.96. The molecule has 1 atom stereocenters. The molecule has 1 amide bonds. The Bertz CT molecular complexity index is 903. The molecule has 7 nitrogen and oxygen atoms in total. The highest BCUT2D eigenvalue weighted by Gasteiger charge is 2.22. The summed E-state index contributed by atoms with van der Waals surface area (Å²) in [6.45, 7) is 6.97. The number of nitrogens with one attached hydrogen (secondary N) is 1. The van der Waals surface area contributed by atoms with Crippen LogP contribution in [0.4, 0.5) is 11.4 Å². The van der Waals surface area contributed by atoms with E-state index in [-0.39, 0.29) is 16.4 Å². The number of nitro groups is 1. The molecule has 2 aromatic carbocycles. The molecule has 0 aliphatic heterocycles. The lowest BCUT2D eigenvalue weighted by atomic mass is 10.00. The number of anilines is 1.